The molecule has 0 aliphatic carbocycles. The molecule has 23 heavy (non-hydrogen) atoms. The second kappa shape index (κ2) is 8.88. The molecule has 0 radical (unpaired) electrons. The molecule has 1 unspecified atom stereocenters. The average Bonchev–Trinajstić information content (AvgIpc) is 2.56. The van der Waals surface area contributed by atoms with Gasteiger partial charge < -0.3 is 15.0 Å². The van der Waals surface area contributed by atoms with Crippen molar-refractivity contribution in [2.75, 3.05) is 32.8 Å². The molecule has 4 nitrogen and oxygen atoms in total. The molecule has 2 aliphatic heterocycles. The Morgan fingerprint density at radius 1 is 1.30 bits per heavy atom. The molecule has 1 atom stereocenters. The van der Waals surface area contributed by atoms with Crippen LogP contribution in [0.2, 0.25) is 5.02 Å². The topological polar surface area (TPSA) is 41.6 Å². The summed E-state index contributed by atoms with van der Waals surface area (Å²) in [6.45, 7) is 3.93. The summed E-state index contributed by atoms with van der Waals surface area (Å²) in [6, 6.07) is 7.86. The van der Waals surface area contributed by atoms with E-state index in [-0.39, 0.29) is 24.4 Å². The number of ether oxygens (including phenoxy) is 1. The van der Waals surface area contributed by atoms with Crippen LogP contribution >= 0.6 is 24.0 Å². The van der Waals surface area contributed by atoms with E-state index in [9.17, 15) is 4.79 Å². The van der Waals surface area contributed by atoms with E-state index in [2.05, 4.69) is 5.32 Å². The first-order valence-electron chi connectivity index (χ1n) is 8.08. The highest BCUT2D eigenvalue weighted by Gasteiger charge is 2.30. The molecule has 0 saturated carbocycles. The van der Waals surface area contributed by atoms with Gasteiger partial charge in [-0.2, -0.15) is 0 Å². The van der Waals surface area contributed by atoms with Crippen molar-refractivity contribution in [3.05, 3.63) is 34.9 Å². The Morgan fingerprint density at radius 2 is 2.04 bits per heavy atom. The zero-order valence-corrected chi connectivity index (χ0v) is 14.7. The van der Waals surface area contributed by atoms with Crippen molar-refractivity contribution in [2.45, 2.75) is 25.3 Å². The number of rotatable bonds is 3. The van der Waals surface area contributed by atoms with E-state index < -0.39 is 0 Å². The Labute approximate surface area is 148 Å². The van der Waals surface area contributed by atoms with Gasteiger partial charge in [-0.05, 0) is 30.4 Å². The Morgan fingerprint density at radius 3 is 2.78 bits per heavy atom. The summed E-state index contributed by atoms with van der Waals surface area (Å²) in [4.78, 5) is 14.8. The standard InChI is InChI=1S/C17H23ClN2O2.ClH/c18-15-4-2-1-3-14(15)16-12-19-7-8-20(16)17(21)11-13-5-9-22-10-6-13;/h1-4,13,16,19H,5-12H2;1H. The van der Waals surface area contributed by atoms with Gasteiger partial charge >= 0.3 is 0 Å². The van der Waals surface area contributed by atoms with E-state index in [1.807, 2.05) is 29.2 Å². The zero-order chi connectivity index (χ0) is 15.4. The molecule has 1 N–H and O–H groups in total. The second-order valence-corrected chi connectivity index (χ2v) is 6.50. The highest BCUT2D eigenvalue weighted by atomic mass is 35.5. The van der Waals surface area contributed by atoms with Gasteiger partial charge in [0, 0.05) is 44.3 Å². The Kier molecular flexibility index (Phi) is 7.15. The van der Waals surface area contributed by atoms with E-state index >= 15 is 0 Å². The number of nitrogens with one attached hydrogen (secondary N) is 1. The van der Waals surface area contributed by atoms with Crippen molar-refractivity contribution >= 4 is 29.9 Å². The quantitative estimate of drug-likeness (QED) is 0.902. The van der Waals surface area contributed by atoms with Crippen molar-refractivity contribution in [2.24, 2.45) is 5.92 Å². The summed E-state index contributed by atoms with van der Waals surface area (Å²) in [5.41, 5.74) is 1.04. The molecule has 2 saturated heterocycles. The summed E-state index contributed by atoms with van der Waals surface area (Å²) >= 11 is 6.34. The largest absolute Gasteiger partial charge is 0.381 e. The van der Waals surface area contributed by atoms with E-state index in [1.165, 1.54) is 0 Å². The van der Waals surface area contributed by atoms with Crippen molar-refractivity contribution in [1.82, 2.24) is 10.2 Å². The van der Waals surface area contributed by atoms with Crippen molar-refractivity contribution in [3.63, 3.8) is 0 Å². The number of hydrogen-bond acceptors (Lipinski definition) is 3. The van der Waals surface area contributed by atoms with E-state index in [1.54, 1.807) is 0 Å². The number of carbonyl (C=O) groups excluding carboxylic acids is 1. The van der Waals surface area contributed by atoms with Gasteiger partial charge in [-0.25, -0.2) is 0 Å². The van der Waals surface area contributed by atoms with Crippen LogP contribution in [0.25, 0.3) is 0 Å². The van der Waals surface area contributed by atoms with Gasteiger partial charge in [0.15, 0.2) is 0 Å². The predicted octanol–water partition coefficient (Wildman–Crippen LogP) is 3.05. The fourth-order valence-corrected chi connectivity index (χ4v) is 3.60. The molecule has 2 fully saturated rings. The fraction of sp³-hybridized carbons (Fsp3) is 0.588. The van der Waals surface area contributed by atoms with Gasteiger partial charge in [-0.3, -0.25) is 4.79 Å². The van der Waals surface area contributed by atoms with Crippen molar-refractivity contribution < 1.29 is 9.53 Å². The number of piperazine rings is 1. The molecular weight excluding hydrogens is 335 g/mol. The van der Waals surface area contributed by atoms with E-state index in [4.69, 9.17) is 16.3 Å². The van der Waals surface area contributed by atoms with Crippen LogP contribution in [0.15, 0.2) is 24.3 Å². The third-order valence-electron chi connectivity index (χ3n) is 4.63. The molecule has 2 heterocycles. The lowest BCUT2D eigenvalue weighted by molar-refractivity contribution is -0.136. The van der Waals surface area contributed by atoms with Crippen LogP contribution in [-0.4, -0.2) is 43.7 Å². The molecule has 0 bridgehead atoms. The first-order chi connectivity index (χ1) is 10.8. The normalized spacial score (nSPS) is 22.5. The molecular formula is C17H24Cl2N2O2. The van der Waals surface area contributed by atoms with Gasteiger partial charge in [-0.15, -0.1) is 12.4 Å². The summed E-state index contributed by atoms with van der Waals surface area (Å²) in [5, 5.41) is 4.11. The minimum atomic E-state index is 0. The summed E-state index contributed by atoms with van der Waals surface area (Å²) in [7, 11) is 0. The lowest BCUT2D eigenvalue weighted by Crippen LogP contribution is -2.49. The summed E-state index contributed by atoms with van der Waals surface area (Å²) in [5.74, 6) is 0.710. The number of nitrogens with zero attached hydrogens (tertiary/aromatic N) is 1. The summed E-state index contributed by atoms with van der Waals surface area (Å²) < 4.78 is 5.38. The first kappa shape index (κ1) is 18.5. The van der Waals surface area contributed by atoms with Gasteiger partial charge in [0.05, 0.1) is 6.04 Å². The van der Waals surface area contributed by atoms with Gasteiger partial charge in [0.2, 0.25) is 5.91 Å². The fourth-order valence-electron chi connectivity index (χ4n) is 3.34. The second-order valence-electron chi connectivity index (χ2n) is 6.09. The maximum Gasteiger partial charge on any atom is 0.223 e. The molecule has 3 rings (SSSR count). The Bertz CT molecular complexity index is 521. The van der Waals surface area contributed by atoms with Crippen LogP contribution in [0, 0.1) is 5.92 Å². The molecule has 2 aliphatic rings. The van der Waals surface area contributed by atoms with Crippen LogP contribution < -0.4 is 5.32 Å². The van der Waals surface area contributed by atoms with Crippen LogP contribution in [-0.2, 0) is 9.53 Å². The minimum absolute atomic E-state index is 0. The van der Waals surface area contributed by atoms with E-state index in [0.29, 0.717) is 12.3 Å². The molecule has 0 spiro atoms. The molecule has 1 amide bonds. The lowest BCUT2D eigenvalue weighted by atomic mass is 9.94. The molecule has 1 aromatic rings. The average molecular weight is 359 g/mol. The van der Waals surface area contributed by atoms with Crippen molar-refractivity contribution in [1.29, 1.82) is 0 Å². The number of benzene rings is 1. The highest BCUT2D eigenvalue weighted by Crippen LogP contribution is 2.30. The van der Waals surface area contributed by atoms with Crippen LogP contribution in [0.5, 0.6) is 0 Å². The predicted molar refractivity (Wildman–Crippen MR) is 94.2 cm³/mol. The smallest absolute Gasteiger partial charge is 0.223 e. The van der Waals surface area contributed by atoms with E-state index in [0.717, 1.165) is 56.3 Å². The van der Waals surface area contributed by atoms with Gasteiger partial charge in [0.1, 0.15) is 0 Å². The maximum atomic E-state index is 12.8. The third-order valence-corrected chi connectivity index (χ3v) is 4.98. The van der Waals surface area contributed by atoms with Crippen molar-refractivity contribution in [3.8, 4) is 0 Å². The van der Waals surface area contributed by atoms with Crippen LogP contribution in [0.1, 0.15) is 30.9 Å². The van der Waals surface area contributed by atoms with Crippen LogP contribution in [0.4, 0.5) is 0 Å². The molecule has 0 aromatic heterocycles. The molecule has 6 heteroatoms. The maximum absolute atomic E-state index is 12.8. The third kappa shape index (κ3) is 4.60. The molecule has 1 aromatic carbocycles. The van der Waals surface area contributed by atoms with Gasteiger partial charge in [-0.1, -0.05) is 29.8 Å². The SMILES string of the molecule is Cl.O=C(CC1CCOCC1)N1CCNCC1c1ccccc1Cl. The highest BCUT2D eigenvalue weighted by molar-refractivity contribution is 6.31. The number of halogens is 2. The Hall–Kier alpha value is -0.810. The lowest BCUT2D eigenvalue weighted by Gasteiger charge is -2.38. The number of carbonyl (C=O) groups is 1. The monoisotopic (exact) mass is 358 g/mol. The number of amides is 1. The van der Waals surface area contributed by atoms with Crippen LogP contribution in [0.3, 0.4) is 0 Å². The number of hydrogen-bond donors (Lipinski definition) is 1. The summed E-state index contributed by atoms with van der Waals surface area (Å²) in [6.07, 6.45) is 2.62. The van der Waals surface area contributed by atoms with Gasteiger partial charge in [0.25, 0.3) is 0 Å². The zero-order valence-electron chi connectivity index (χ0n) is 13.2. The minimum Gasteiger partial charge on any atom is -0.381 e. The Balaban J connectivity index is 0.00000192. The first-order valence-corrected chi connectivity index (χ1v) is 8.46. The molecule has 128 valence electrons.